The first-order valence-electron chi connectivity index (χ1n) is 10.4. The van der Waals surface area contributed by atoms with E-state index in [9.17, 15) is 19.1 Å². The number of hydrogen-bond donors (Lipinski definition) is 3. The molecule has 0 saturated carbocycles. The highest BCUT2D eigenvalue weighted by molar-refractivity contribution is 5.99. The van der Waals surface area contributed by atoms with Crippen molar-refractivity contribution in [2.75, 3.05) is 31.3 Å². The third-order valence-electron chi connectivity index (χ3n) is 5.78. The number of benzene rings is 2. The standard InChI is InChI=1S/C23H26FN3O5/c1-27(2)21(29)11-14-10-16-15-9-13(7-8-19(15)32-22(16)20(12-28)31-14)25-23(30)26-18-6-4-3-5-17(18)24/h3-9,14,16,20,22,28H,10-12H2,1-2H3,(H2,25,26,30)/t14-,16+,20+,22-/m1/s1. The van der Waals surface area contributed by atoms with Gasteiger partial charge in [0, 0.05) is 31.3 Å². The van der Waals surface area contributed by atoms with Gasteiger partial charge in [-0.3, -0.25) is 4.79 Å². The summed E-state index contributed by atoms with van der Waals surface area (Å²) < 4.78 is 25.7. The third-order valence-corrected chi connectivity index (χ3v) is 5.78. The summed E-state index contributed by atoms with van der Waals surface area (Å²) in [5.41, 5.74) is 1.48. The number of aliphatic hydroxyl groups excluding tert-OH is 1. The van der Waals surface area contributed by atoms with Crippen LogP contribution in [0, 0.1) is 5.82 Å². The van der Waals surface area contributed by atoms with Crippen LogP contribution in [-0.4, -0.2) is 61.0 Å². The molecule has 0 aliphatic carbocycles. The molecule has 1 fully saturated rings. The van der Waals surface area contributed by atoms with Gasteiger partial charge in [0.2, 0.25) is 5.91 Å². The number of hydrogen-bond acceptors (Lipinski definition) is 5. The molecule has 2 heterocycles. The predicted molar refractivity (Wildman–Crippen MR) is 116 cm³/mol. The van der Waals surface area contributed by atoms with Gasteiger partial charge in [0.15, 0.2) is 0 Å². The predicted octanol–water partition coefficient (Wildman–Crippen LogP) is 2.94. The molecule has 0 radical (unpaired) electrons. The molecule has 2 aromatic carbocycles. The van der Waals surface area contributed by atoms with Gasteiger partial charge in [-0.15, -0.1) is 0 Å². The molecule has 170 valence electrons. The minimum absolute atomic E-state index is 0.0514. The number of rotatable bonds is 5. The van der Waals surface area contributed by atoms with Crippen LogP contribution < -0.4 is 15.4 Å². The number of fused-ring (bicyclic) bond motifs is 3. The molecule has 8 nitrogen and oxygen atoms in total. The van der Waals surface area contributed by atoms with Gasteiger partial charge in [-0.05, 0) is 36.8 Å². The normalized spacial score (nSPS) is 23.5. The first kappa shape index (κ1) is 22.0. The van der Waals surface area contributed by atoms with Gasteiger partial charge in [-0.2, -0.15) is 0 Å². The number of nitrogens with zero attached hydrogens (tertiary/aromatic N) is 1. The maximum absolute atomic E-state index is 13.8. The van der Waals surface area contributed by atoms with Gasteiger partial charge in [0.05, 0.1) is 24.8 Å². The summed E-state index contributed by atoms with van der Waals surface area (Å²) in [7, 11) is 3.38. The van der Waals surface area contributed by atoms with E-state index in [1.165, 1.54) is 17.0 Å². The number of nitrogens with one attached hydrogen (secondary N) is 2. The second kappa shape index (κ2) is 9.13. The van der Waals surface area contributed by atoms with E-state index in [4.69, 9.17) is 9.47 Å². The van der Waals surface area contributed by atoms with Gasteiger partial charge in [0.25, 0.3) is 0 Å². The fourth-order valence-corrected chi connectivity index (χ4v) is 4.19. The molecular formula is C23H26FN3O5. The summed E-state index contributed by atoms with van der Waals surface area (Å²) >= 11 is 0. The number of amides is 3. The van der Waals surface area contributed by atoms with Gasteiger partial charge in [-0.25, -0.2) is 9.18 Å². The minimum atomic E-state index is -0.569. The Morgan fingerprint density at radius 1 is 1.19 bits per heavy atom. The van der Waals surface area contributed by atoms with Crippen molar-refractivity contribution in [2.45, 2.75) is 37.1 Å². The Bertz CT molecular complexity index is 1010. The van der Waals surface area contributed by atoms with E-state index in [2.05, 4.69) is 10.6 Å². The average Bonchev–Trinajstić information content (AvgIpc) is 3.12. The third kappa shape index (κ3) is 4.53. The summed E-state index contributed by atoms with van der Waals surface area (Å²) in [4.78, 5) is 26.0. The van der Waals surface area contributed by atoms with Crippen LogP contribution in [0.5, 0.6) is 5.75 Å². The van der Waals surface area contributed by atoms with Crippen LogP contribution in [0.2, 0.25) is 0 Å². The van der Waals surface area contributed by atoms with Crippen molar-refractivity contribution >= 4 is 23.3 Å². The average molecular weight is 443 g/mol. The molecule has 4 atom stereocenters. The van der Waals surface area contributed by atoms with Crippen molar-refractivity contribution in [3.05, 3.63) is 53.8 Å². The lowest BCUT2D eigenvalue weighted by atomic mass is 9.84. The van der Waals surface area contributed by atoms with E-state index in [1.54, 1.807) is 38.4 Å². The van der Waals surface area contributed by atoms with Gasteiger partial charge in [-0.1, -0.05) is 12.1 Å². The van der Waals surface area contributed by atoms with Gasteiger partial charge >= 0.3 is 6.03 Å². The molecule has 2 aromatic rings. The quantitative estimate of drug-likeness (QED) is 0.660. The van der Waals surface area contributed by atoms with Crippen molar-refractivity contribution in [1.29, 1.82) is 0 Å². The minimum Gasteiger partial charge on any atom is -0.487 e. The Labute approximate surface area is 185 Å². The van der Waals surface area contributed by atoms with Crippen LogP contribution >= 0.6 is 0 Å². The zero-order valence-corrected chi connectivity index (χ0v) is 17.9. The van der Waals surface area contributed by atoms with Gasteiger partial charge in [0.1, 0.15) is 23.8 Å². The van der Waals surface area contributed by atoms with E-state index in [1.807, 2.05) is 6.07 Å². The Morgan fingerprint density at radius 2 is 1.97 bits per heavy atom. The molecule has 0 spiro atoms. The van der Waals surface area contributed by atoms with Crippen LogP contribution in [-0.2, 0) is 9.53 Å². The van der Waals surface area contributed by atoms with Crippen molar-refractivity contribution in [2.24, 2.45) is 0 Å². The zero-order chi connectivity index (χ0) is 22.8. The Balaban J connectivity index is 1.49. The van der Waals surface area contributed by atoms with E-state index < -0.39 is 18.0 Å². The number of urea groups is 1. The van der Waals surface area contributed by atoms with Gasteiger partial charge < -0.3 is 30.1 Å². The smallest absolute Gasteiger partial charge is 0.323 e. The Morgan fingerprint density at radius 3 is 2.69 bits per heavy atom. The molecule has 4 rings (SSSR count). The zero-order valence-electron chi connectivity index (χ0n) is 17.9. The number of aliphatic hydroxyl groups is 1. The molecular weight excluding hydrogens is 417 g/mol. The Kier molecular flexibility index (Phi) is 6.29. The summed E-state index contributed by atoms with van der Waals surface area (Å²) in [6.07, 6.45) is -0.507. The second-order valence-corrected chi connectivity index (χ2v) is 8.21. The first-order valence-corrected chi connectivity index (χ1v) is 10.4. The van der Waals surface area contributed by atoms with Crippen LogP contribution in [0.15, 0.2) is 42.5 Å². The van der Waals surface area contributed by atoms with Crippen LogP contribution in [0.4, 0.5) is 20.6 Å². The molecule has 2 aliphatic heterocycles. The molecule has 1 saturated heterocycles. The molecule has 0 aromatic heterocycles. The van der Waals surface area contributed by atoms with Crippen LogP contribution in [0.25, 0.3) is 0 Å². The van der Waals surface area contributed by atoms with Crippen LogP contribution in [0.3, 0.4) is 0 Å². The molecule has 32 heavy (non-hydrogen) atoms. The first-order chi connectivity index (χ1) is 15.4. The molecule has 0 unspecified atom stereocenters. The highest BCUT2D eigenvalue weighted by atomic mass is 19.1. The number of carbonyl (C=O) groups is 2. The molecule has 3 amide bonds. The summed E-state index contributed by atoms with van der Waals surface area (Å²) in [5, 5.41) is 15.0. The topological polar surface area (TPSA) is 100 Å². The lowest BCUT2D eigenvalue weighted by Crippen LogP contribution is -2.47. The second-order valence-electron chi connectivity index (χ2n) is 8.21. The molecule has 0 bridgehead atoms. The van der Waals surface area contributed by atoms with E-state index in [0.29, 0.717) is 17.9 Å². The maximum atomic E-state index is 13.8. The molecule has 9 heteroatoms. The van der Waals surface area contributed by atoms with Crippen molar-refractivity contribution < 1.29 is 28.6 Å². The fraction of sp³-hybridized carbons (Fsp3) is 0.391. The van der Waals surface area contributed by atoms with Crippen molar-refractivity contribution in [3.63, 3.8) is 0 Å². The van der Waals surface area contributed by atoms with Crippen molar-refractivity contribution in [1.82, 2.24) is 4.90 Å². The number of anilines is 2. The van der Waals surface area contributed by atoms with E-state index in [-0.39, 0.29) is 42.7 Å². The monoisotopic (exact) mass is 443 g/mol. The van der Waals surface area contributed by atoms with Crippen LogP contribution in [0.1, 0.15) is 24.3 Å². The summed E-state index contributed by atoms with van der Waals surface area (Å²) in [5.74, 6) is -0.0122. The lowest BCUT2D eigenvalue weighted by Gasteiger charge is -2.37. The lowest BCUT2D eigenvalue weighted by molar-refractivity contribution is -0.147. The largest absolute Gasteiger partial charge is 0.487 e. The molecule has 2 aliphatic rings. The molecule has 3 N–H and O–H groups in total. The number of carbonyl (C=O) groups excluding carboxylic acids is 2. The summed E-state index contributed by atoms with van der Waals surface area (Å²) in [6.45, 7) is -0.224. The maximum Gasteiger partial charge on any atom is 0.323 e. The number of ether oxygens (including phenoxy) is 2. The highest BCUT2D eigenvalue weighted by Gasteiger charge is 2.46. The summed E-state index contributed by atoms with van der Waals surface area (Å²) in [6, 6.07) is 10.6. The Hall–Kier alpha value is -3.17. The fourth-order valence-electron chi connectivity index (χ4n) is 4.19. The van der Waals surface area contributed by atoms with Crippen molar-refractivity contribution in [3.8, 4) is 5.75 Å². The van der Waals surface area contributed by atoms with E-state index in [0.717, 1.165) is 5.56 Å². The highest BCUT2D eigenvalue weighted by Crippen LogP contribution is 2.47. The SMILES string of the molecule is CN(C)C(=O)C[C@H]1C[C@H]2c3cc(NC(=O)Nc4ccccc4F)ccc3O[C@H]2[C@H](CO)O1. The number of halogens is 1. The van der Waals surface area contributed by atoms with E-state index >= 15 is 0 Å². The number of para-hydroxylation sites is 1.